The molecule has 21 heavy (non-hydrogen) atoms. The van der Waals surface area contributed by atoms with E-state index in [1.165, 1.54) is 12.5 Å². The Morgan fingerprint density at radius 1 is 1.33 bits per heavy atom. The molecule has 1 aromatic rings. The van der Waals surface area contributed by atoms with Gasteiger partial charge in [-0.2, -0.15) is 0 Å². The SMILES string of the molecule is CCCNC(CSc1ccccc1F)CC1CCOCC1. The third-order valence-electron chi connectivity index (χ3n) is 3.92. The minimum absolute atomic E-state index is 0.109. The molecule has 0 bridgehead atoms. The van der Waals surface area contributed by atoms with E-state index in [-0.39, 0.29) is 5.82 Å². The van der Waals surface area contributed by atoms with Gasteiger partial charge >= 0.3 is 0 Å². The molecule has 0 spiro atoms. The average molecular weight is 311 g/mol. The normalized spacial score (nSPS) is 17.8. The molecular weight excluding hydrogens is 285 g/mol. The third-order valence-corrected chi connectivity index (χ3v) is 5.13. The second kappa shape index (κ2) is 9.44. The van der Waals surface area contributed by atoms with Crippen molar-refractivity contribution in [1.82, 2.24) is 5.32 Å². The number of hydrogen-bond acceptors (Lipinski definition) is 3. The highest BCUT2D eigenvalue weighted by Gasteiger charge is 2.19. The molecule has 0 aliphatic carbocycles. The van der Waals surface area contributed by atoms with Crippen LogP contribution in [-0.2, 0) is 4.74 Å². The van der Waals surface area contributed by atoms with E-state index in [9.17, 15) is 4.39 Å². The summed E-state index contributed by atoms with van der Waals surface area (Å²) in [5.41, 5.74) is 0. The molecule has 1 saturated heterocycles. The summed E-state index contributed by atoms with van der Waals surface area (Å²) in [5.74, 6) is 1.57. The van der Waals surface area contributed by atoms with E-state index in [4.69, 9.17) is 4.74 Å². The zero-order valence-electron chi connectivity index (χ0n) is 12.8. The van der Waals surface area contributed by atoms with Crippen LogP contribution < -0.4 is 5.32 Å². The Kier molecular flexibility index (Phi) is 7.54. The molecule has 1 heterocycles. The fourth-order valence-corrected chi connectivity index (χ4v) is 3.71. The van der Waals surface area contributed by atoms with Crippen molar-refractivity contribution < 1.29 is 9.13 Å². The van der Waals surface area contributed by atoms with Crippen molar-refractivity contribution in [2.24, 2.45) is 5.92 Å². The fourth-order valence-electron chi connectivity index (χ4n) is 2.70. The van der Waals surface area contributed by atoms with Crippen molar-refractivity contribution in [1.29, 1.82) is 0 Å². The molecule has 1 aromatic carbocycles. The van der Waals surface area contributed by atoms with Crippen LogP contribution in [0.3, 0.4) is 0 Å². The summed E-state index contributed by atoms with van der Waals surface area (Å²) < 4.78 is 19.1. The second-order valence-corrected chi connectivity index (χ2v) is 6.75. The van der Waals surface area contributed by atoms with Crippen LogP contribution in [0, 0.1) is 11.7 Å². The van der Waals surface area contributed by atoms with E-state index >= 15 is 0 Å². The molecule has 1 fully saturated rings. The van der Waals surface area contributed by atoms with Crippen molar-refractivity contribution in [2.45, 2.75) is 43.5 Å². The van der Waals surface area contributed by atoms with Crippen LogP contribution >= 0.6 is 11.8 Å². The Morgan fingerprint density at radius 2 is 2.10 bits per heavy atom. The van der Waals surface area contributed by atoms with Gasteiger partial charge in [-0.3, -0.25) is 0 Å². The first-order chi connectivity index (χ1) is 10.3. The maximum Gasteiger partial charge on any atom is 0.136 e. The molecule has 118 valence electrons. The number of rotatable bonds is 8. The van der Waals surface area contributed by atoms with Gasteiger partial charge in [0.15, 0.2) is 0 Å². The van der Waals surface area contributed by atoms with Gasteiger partial charge in [0.2, 0.25) is 0 Å². The molecule has 2 nitrogen and oxygen atoms in total. The number of halogens is 1. The summed E-state index contributed by atoms with van der Waals surface area (Å²) in [6.07, 6.45) is 4.63. The Hall–Kier alpha value is -0.580. The number of hydrogen-bond donors (Lipinski definition) is 1. The Bertz CT molecular complexity index is 410. The maximum absolute atomic E-state index is 13.7. The third kappa shape index (κ3) is 5.97. The van der Waals surface area contributed by atoms with Gasteiger partial charge in [-0.15, -0.1) is 11.8 Å². The summed E-state index contributed by atoms with van der Waals surface area (Å²) in [6.45, 7) is 5.01. The molecular formula is C17H26FNOS. The molecule has 0 amide bonds. The van der Waals surface area contributed by atoms with Crippen LogP contribution in [0.1, 0.15) is 32.6 Å². The molecule has 1 unspecified atom stereocenters. The van der Waals surface area contributed by atoms with Crippen LogP contribution in [0.25, 0.3) is 0 Å². The van der Waals surface area contributed by atoms with Gasteiger partial charge in [0.1, 0.15) is 5.82 Å². The molecule has 4 heteroatoms. The second-order valence-electron chi connectivity index (χ2n) is 5.68. The lowest BCUT2D eigenvalue weighted by molar-refractivity contribution is 0.0613. The first kappa shape index (κ1) is 16.8. The van der Waals surface area contributed by atoms with E-state index in [0.29, 0.717) is 6.04 Å². The highest BCUT2D eigenvalue weighted by Crippen LogP contribution is 2.26. The summed E-state index contributed by atoms with van der Waals surface area (Å²) in [4.78, 5) is 0.757. The first-order valence-corrected chi connectivity index (χ1v) is 8.96. The molecule has 1 atom stereocenters. The Balaban J connectivity index is 1.84. The average Bonchev–Trinajstić information content (AvgIpc) is 2.52. The van der Waals surface area contributed by atoms with E-state index in [1.54, 1.807) is 17.8 Å². The molecule has 1 N–H and O–H groups in total. The standard InChI is InChI=1S/C17H26FNOS/c1-2-9-19-15(12-14-7-10-20-11-8-14)13-21-17-6-4-3-5-16(17)18/h3-6,14-15,19H,2,7-13H2,1H3. The van der Waals surface area contributed by atoms with Gasteiger partial charge < -0.3 is 10.1 Å². The lowest BCUT2D eigenvalue weighted by Gasteiger charge is -2.27. The Morgan fingerprint density at radius 3 is 2.81 bits per heavy atom. The molecule has 0 aromatic heterocycles. The molecule has 2 rings (SSSR count). The largest absolute Gasteiger partial charge is 0.381 e. The van der Waals surface area contributed by atoms with Crippen molar-refractivity contribution in [3.8, 4) is 0 Å². The Labute approximate surface area is 131 Å². The monoisotopic (exact) mass is 311 g/mol. The lowest BCUT2D eigenvalue weighted by Crippen LogP contribution is -2.35. The van der Waals surface area contributed by atoms with E-state index in [0.717, 1.165) is 55.6 Å². The highest BCUT2D eigenvalue weighted by atomic mass is 32.2. The van der Waals surface area contributed by atoms with Gasteiger partial charge in [0, 0.05) is 29.9 Å². The number of nitrogens with one attached hydrogen (secondary N) is 1. The number of benzene rings is 1. The van der Waals surface area contributed by atoms with Gasteiger partial charge in [-0.05, 0) is 50.3 Å². The van der Waals surface area contributed by atoms with Gasteiger partial charge in [-0.25, -0.2) is 4.39 Å². The maximum atomic E-state index is 13.7. The predicted molar refractivity (Wildman–Crippen MR) is 87.4 cm³/mol. The minimum Gasteiger partial charge on any atom is -0.381 e. The lowest BCUT2D eigenvalue weighted by atomic mass is 9.93. The van der Waals surface area contributed by atoms with Crippen molar-refractivity contribution >= 4 is 11.8 Å². The van der Waals surface area contributed by atoms with Crippen LogP contribution in [-0.4, -0.2) is 31.6 Å². The summed E-state index contributed by atoms with van der Waals surface area (Å²) in [6, 6.07) is 7.50. The molecule has 0 saturated carbocycles. The quantitative estimate of drug-likeness (QED) is 0.730. The first-order valence-electron chi connectivity index (χ1n) is 7.98. The van der Waals surface area contributed by atoms with E-state index in [2.05, 4.69) is 12.2 Å². The molecule has 0 radical (unpaired) electrons. The minimum atomic E-state index is -0.109. The van der Waals surface area contributed by atoms with Crippen LogP contribution in [0.5, 0.6) is 0 Å². The summed E-state index contributed by atoms with van der Waals surface area (Å²) in [5, 5.41) is 3.62. The topological polar surface area (TPSA) is 21.3 Å². The predicted octanol–water partition coefficient (Wildman–Crippen LogP) is 4.10. The fraction of sp³-hybridized carbons (Fsp3) is 0.647. The summed E-state index contributed by atoms with van der Waals surface area (Å²) in [7, 11) is 0. The van der Waals surface area contributed by atoms with Crippen LogP contribution in [0.4, 0.5) is 4.39 Å². The van der Waals surface area contributed by atoms with Gasteiger partial charge in [-0.1, -0.05) is 19.1 Å². The van der Waals surface area contributed by atoms with E-state index in [1.807, 2.05) is 12.1 Å². The van der Waals surface area contributed by atoms with E-state index < -0.39 is 0 Å². The van der Waals surface area contributed by atoms with Gasteiger partial charge in [0.25, 0.3) is 0 Å². The van der Waals surface area contributed by atoms with Crippen LogP contribution in [0.15, 0.2) is 29.2 Å². The summed E-state index contributed by atoms with van der Waals surface area (Å²) >= 11 is 1.63. The smallest absolute Gasteiger partial charge is 0.136 e. The number of ether oxygens (including phenoxy) is 1. The molecule has 1 aliphatic rings. The highest BCUT2D eigenvalue weighted by molar-refractivity contribution is 7.99. The molecule has 1 aliphatic heterocycles. The van der Waals surface area contributed by atoms with Crippen molar-refractivity contribution in [3.63, 3.8) is 0 Å². The van der Waals surface area contributed by atoms with Crippen molar-refractivity contribution in [2.75, 3.05) is 25.5 Å². The zero-order valence-corrected chi connectivity index (χ0v) is 13.6. The number of thioether (sulfide) groups is 1. The van der Waals surface area contributed by atoms with Gasteiger partial charge in [0.05, 0.1) is 0 Å². The zero-order chi connectivity index (χ0) is 14.9. The van der Waals surface area contributed by atoms with Crippen molar-refractivity contribution in [3.05, 3.63) is 30.1 Å². The van der Waals surface area contributed by atoms with Crippen LogP contribution in [0.2, 0.25) is 0 Å².